The molecule has 1 aliphatic rings. The Kier molecular flexibility index (Phi) is 3.28. The number of hydrogen-bond donors (Lipinski definition) is 1. The molecule has 0 saturated carbocycles. The van der Waals surface area contributed by atoms with Crippen LogP contribution in [0.3, 0.4) is 0 Å². The summed E-state index contributed by atoms with van der Waals surface area (Å²) >= 11 is 0. The molecule has 16 heavy (non-hydrogen) atoms. The van der Waals surface area contributed by atoms with Crippen LogP contribution in [0.1, 0.15) is 18.0 Å². The van der Waals surface area contributed by atoms with Crippen molar-refractivity contribution in [1.29, 1.82) is 0 Å². The summed E-state index contributed by atoms with van der Waals surface area (Å²) in [5.41, 5.74) is 6.67. The molecule has 1 aromatic rings. The number of nitrogens with zero attached hydrogens (tertiary/aromatic N) is 1. The summed E-state index contributed by atoms with van der Waals surface area (Å²) in [7, 11) is -3.09. The molecule has 1 saturated heterocycles. The molecule has 1 aliphatic heterocycles. The highest BCUT2D eigenvalue weighted by Gasteiger charge is 2.34. The second-order valence-electron chi connectivity index (χ2n) is 3.94. The van der Waals surface area contributed by atoms with E-state index in [0.717, 1.165) is 5.56 Å². The van der Waals surface area contributed by atoms with Crippen LogP contribution >= 0.6 is 0 Å². The highest BCUT2D eigenvalue weighted by Crippen LogP contribution is 2.27. The van der Waals surface area contributed by atoms with Crippen molar-refractivity contribution in [3.8, 4) is 0 Å². The number of sulfonamides is 1. The number of hydrogen-bond acceptors (Lipinski definition) is 3. The van der Waals surface area contributed by atoms with Gasteiger partial charge >= 0.3 is 0 Å². The third-order valence-electron chi connectivity index (χ3n) is 2.89. The molecule has 1 unspecified atom stereocenters. The predicted molar refractivity (Wildman–Crippen MR) is 63.3 cm³/mol. The SMILES string of the molecule is NCC(c1ccccc1)N1CCCS1(=O)=O. The molecule has 2 N–H and O–H groups in total. The Morgan fingerprint density at radius 3 is 2.50 bits per heavy atom. The van der Waals surface area contributed by atoms with E-state index in [4.69, 9.17) is 5.73 Å². The Balaban J connectivity index is 2.31. The standard InChI is InChI=1S/C11H16N2O2S/c12-9-11(10-5-2-1-3-6-10)13-7-4-8-16(13,14)15/h1-3,5-6,11H,4,7-9,12H2. The summed E-state index contributed by atoms with van der Waals surface area (Å²) in [6.07, 6.45) is 0.700. The van der Waals surface area contributed by atoms with Crippen LogP contribution in [0.4, 0.5) is 0 Å². The van der Waals surface area contributed by atoms with Crippen LogP contribution < -0.4 is 5.73 Å². The van der Waals surface area contributed by atoms with Gasteiger partial charge in [0.25, 0.3) is 0 Å². The first-order valence-corrected chi connectivity index (χ1v) is 7.00. The number of nitrogens with two attached hydrogens (primary N) is 1. The van der Waals surface area contributed by atoms with Crippen molar-refractivity contribution >= 4 is 10.0 Å². The lowest BCUT2D eigenvalue weighted by Crippen LogP contribution is -2.35. The monoisotopic (exact) mass is 240 g/mol. The van der Waals surface area contributed by atoms with Crippen molar-refractivity contribution < 1.29 is 8.42 Å². The summed E-state index contributed by atoms with van der Waals surface area (Å²) < 4.78 is 25.1. The minimum absolute atomic E-state index is 0.214. The number of rotatable bonds is 3. The molecule has 0 spiro atoms. The van der Waals surface area contributed by atoms with Gasteiger partial charge in [0.05, 0.1) is 11.8 Å². The highest BCUT2D eigenvalue weighted by molar-refractivity contribution is 7.89. The summed E-state index contributed by atoms with van der Waals surface area (Å²) in [6, 6.07) is 9.35. The number of benzene rings is 1. The third-order valence-corrected chi connectivity index (χ3v) is 4.85. The molecule has 0 aromatic heterocycles. The molecule has 0 amide bonds. The Labute approximate surface area is 96.1 Å². The van der Waals surface area contributed by atoms with Crippen LogP contribution in [0.5, 0.6) is 0 Å². The van der Waals surface area contributed by atoms with Gasteiger partial charge in [-0.05, 0) is 12.0 Å². The van der Waals surface area contributed by atoms with Crippen LogP contribution in [0.25, 0.3) is 0 Å². The molecule has 1 aromatic carbocycles. The molecular weight excluding hydrogens is 224 g/mol. The van der Waals surface area contributed by atoms with Gasteiger partial charge < -0.3 is 5.73 Å². The Hall–Kier alpha value is -0.910. The Morgan fingerprint density at radius 2 is 2.00 bits per heavy atom. The van der Waals surface area contributed by atoms with Crippen LogP contribution in [0, 0.1) is 0 Å². The zero-order valence-electron chi connectivity index (χ0n) is 9.04. The lowest BCUT2D eigenvalue weighted by atomic mass is 10.1. The Morgan fingerprint density at radius 1 is 1.31 bits per heavy atom. The average molecular weight is 240 g/mol. The van der Waals surface area contributed by atoms with Gasteiger partial charge in [-0.15, -0.1) is 0 Å². The van der Waals surface area contributed by atoms with Crippen molar-refractivity contribution in [2.45, 2.75) is 12.5 Å². The van der Waals surface area contributed by atoms with E-state index in [1.165, 1.54) is 4.31 Å². The average Bonchev–Trinajstić information content (AvgIpc) is 2.62. The van der Waals surface area contributed by atoms with Crippen molar-refractivity contribution in [3.05, 3.63) is 35.9 Å². The third kappa shape index (κ3) is 2.11. The molecular formula is C11H16N2O2S. The van der Waals surface area contributed by atoms with Gasteiger partial charge in [-0.3, -0.25) is 0 Å². The predicted octanol–water partition coefficient (Wildman–Crippen LogP) is 0.722. The molecule has 1 heterocycles. The van der Waals surface area contributed by atoms with E-state index in [9.17, 15) is 8.42 Å². The quantitative estimate of drug-likeness (QED) is 0.847. The van der Waals surface area contributed by atoms with Gasteiger partial charge in [0.1, 0.15) is 0 Å². The van der Waals surface area contributed by atoms with Crippen LogP contribution in [-0.4, -0.2) is 31.6 Å². The van der Waals surface area contributed by atoms with Gasteiger partial charge in [-0.25, -0.2) is 8.42 Å². The first-order chi connectivity index (χ1) is 7.65. The van der Waals surface area contributed by atoms with Gasteiger partial charge in [-0.2, -0.15) is 4.31 Å². The fraction of sp³-hybridized carbons (Fsp3) is 0.455. The topological polar surface area (TPSA) is 63.4 Å². The molecule has 5 heteroatoms. The van der Waals surface area contributed by atoms with Crippen LogP contribution in [0.15, 0.2) is 30.3 Å². The van der Waals surface area contributed by atoms with E-state index >= 15 is 0 Å². The minimum atomic E-state index is -3.09. The van der Waals surface area contributed by atoms with Crippen molar-refractivity contribution in [2.24, 2.45) is 5.73 Å². The fourth-order valence-electron chi connectivity index (χ4n) is 2.10. The molecule has 0 bridgehead atoms. The lowest BCUT2D eigenvalue weighted by molar-refractivity contribution is 0.353. The fourth-order valence-corrected chi connectivity index (χ4v) is 3.84. The van der Waals surface area contributed by atoms with Gasteiger partial charge in [0, 0.05) is 13.1 Å². The van der Waals surface area contributed by atoms with E-state index in [2.05, 4.69) is 0 Å². The zero-order chi connectivity index (χ0) is 11.6. The summed E-state index contributed by atoms with van der Waals surface area (Å²) in [4.78, 5) is 0. The molecule has 1 atom stereocenters. The lowest BCUT2D eigenvalue weighted by Gasteiger charge is -2.25. The molecule has 88 valence electrons. The van der Waals surface area contributed by atoms with Gasteiger partial charge in [0.15, 0.2) is 0 Å². The van der Waals surface area contributed by atoms with E-state index in [1.807, 2.05) is 30.3 Å². The second-order valence-corrected chi connectivity index (χ2v) is 5.98. The first kappa shape index (κ1) is 11.6. The summed E-state index contributed by atoms with van der Waals surface area (Å²) in [6.45, 7) is 0.905. The molecule has 1 fully saturated rings. The molecule has 0 radical (unpaired) electrons. The summed E-state index contributed by atoms with van der Waals surface area (Å²) in [5.74, 6) is 0.246. The zero-order valence-corrected chi connectivity index (χ0v) is 9.86. The summed E-state index contributed by atoms with van der Waals surface area (Å²) in [5, 5.41) is 0. The van der Waals surface area contributed by atoms with E-state index in [0.29, 0.717) is 19.5 Å². The van der Waals surface area contributed by atoms with E-state index in [-0.39, 0.29) is 11.8 Å². The molecule has 4 nitrogen and oxygen atoms in total. The first-order valence-electron chi connectivity index (χ1n) is 5.39. The second kappa shape index (κ2) is 4.53. The molecule has 2 rings (SSSR count). The van der Waals surface area contributed by atoms with Crippen molar-refractivity contribution in [2.75, 3.05) is 18.8 Å². The normalized spacial score (nSPS) is 22.1. The van der Waals surface area contributed by atoms with Crippen LogP contribution in [0.2, 0.25) is 0 Å². The maximum Gasteiger partial charge on any atom is 0.214 e. The van der Waals surface area contributed by atoms with E-state index < -0.39 is 10.0 Å². The van der Waals surface area contributed by atoms with Crippen molar-refractivity contribution in [1.82, 2.24) is 4.31 Å². The molecule has 0 aliphatic carbocycles. The van der Waals surface area contributed by atoms with Crippen molar-refractivity contribution in [3.63, 3.8) is 0 Å². The van der Waals surface area contributed by atoms with Gasteiger partial charge in [0.2, 0.25) is 10.0 Å². The maximum absolute atomic E-state index is 11.8. The maximum atomic E-state index is 11.8. The van der Waals surface area contributed by atoms with E-state index in [1.54, 1.807) is 0 Å². The Bertz CT molecular complexity index is 444. The highest BCUT2D eigenvalue weighted by atomic mass is 32.2. The largest absolute Gasteiger partial charge is 0.329 e. The van der Waals surface area contributed by atoms with Gasteiger partial charge in [-0.1, -0.05) is 30.3 Å². The minimum Gasteiger partial charge on any atom is -0.329 e. The smallest absolute Gasteiger partial charge is 0.214 e. The van der Waals surface area contributed by atoms with Crippen LogP contribution in [-0.2, 0) is 10.0 Å².